The number of quaternary nitrogens is 1. The van der Waals surface area contributed by atoms with E-state index in [1.807, 2.05) is 49.4 Å². The van der Waals surface area contributed by atoms with Gasteiger partial charge >= 0.3 is 0 Å². The van der Waals surface area contributed by atoms with E-state index in [1.54, 1.807) is 4.90 Å². The Labute approximate surface area is 168 Å². The molecule has 1 N–H and O–H groups in total. The van der Waals surface area contributed by atoms with Gasteiger partial charge in [0.05, 0.1) is 37.4 Å². The van der Waals surface area contributed by atoms with E-state index in [0.717, 1.165) is 22.3 Å². The Morgan fingerprint density at radius 1 is 1.26 bits per heavy atom. The van der Waals surface area contributed by atoms with Crippen molar-refractivity contribution in [3.05, 3.63) is 53.1 Å². The van der Waals surface area contributed by atoms with Crippen molar-refractivity contribution in [2.45, 2.75) is 6.92 Å². The summed E-state index contributed by atoms with van der Waals surface area (Å²) in [6, 6.07) is 13.1. The van der Waals surface area contributed by atoms with Crippen LogP contribution in [0.2, 0.25) is 5.02 Å². The van der Waals surface area contributed by atoms with E-state index in [4.69, 9.17) is 21.3 Å². The molecule has 7 heteroatoms. The molecular formula is C20H23ClN3O2S+. The number of benzene rings is 2. The van der Waals surface area contributed by atoms with Gasteiger partial charge in [-0.3, -0.25) is 9.69 Å². The minimum absolute atomic E-state index is 0.0254. The quantitative estimate of drug-likeness (QED) is 0.658. The molecule has 3 rings (SSSR count). The lowest BCUT2D eigenvalue weighted by Gasteiger charge is -2.20. The minimum Gasteiger partial charge on any atom is -0.484 e. The van der Waals surface area contributed by atoms with E-state index in [2.05, 4.69) is 14.1 Å². The number of para-hydroxylation sites is 1. The molecular weight excluding hydrogens is 382 g/mol. The third-order valence-electron chi connectivity index (χ3n) is 4.11. The zero-order valence-corrected chi connectivity index (χ0v) is 17.2. The van der Waals surface area contributed by atoms with Crippen LogP contribution in [0, 0.1) is 6.92 Å². The van der Waals surface area contributed by atoms with E-state index < -0.39 is 0 Å². The number of amides is 1. The molecule has 0 aliphatic carbocycles. The number of halogens is 1. The number of aromatic nitrogens is 1. The summed E-state index contributed by atoms with van der Waals surface area (Å²) in [5.41, 5.74) is 1.89. The number of fused-ring (bicyclic) bond motifs is 1. The van der Waals surface area contributed by atoms with Crippen molar-refractivity contribution in [3.8, 4) is 5.75 Å². The molecule has 0 unspecified atom stereocenters. The zero-order valence-electron chi connectivity index (χ0n) is 15.7. The zero-order chi connectivity index (χ0) is 19.4. The van der Waals surface area contributed by atoms with E-state index in [0.29, 0.717) is 22.4 Å². The van der Waals surface area contributed by atoms with Crippen LogP contribution in [0.3, 0.4) is 0 Å². The number of likely N-dealkylation sites (N-methyl/N-ethyl adjacent to an activating group) is 1. The summed E-state index contributed by atoms with van der Waals surface area (Å²) in [7, 11) is 4.12. The molecule has 0 saturated carbocycles. The number of rotatable bonds is 7. The van der Waals surface area contributed by atoms with Crippen LogP contribution in [-0.4, -0.2) is 44.7 Å². The highest BCUT2D eigenvalue weighted by atomic mass is 35.5. The Hall–Kier alpha value is -2.15. The Balaban J connectivity index is 1.84. The van der Waals surface area contributed by atoms with Crippen LogP contribution in [0.15, 0.2) is 42.5 Å². The van der Waals surface area contributed by atoms with Gasteiger partial charge in [-0.05, 0) is 36.8 Å². The van der Waals surface area contributed by atoms with Gasteiger partial charge in [-0.25, -0.2) is 4.98 Å². The molecule has 27 heavy (non-hydrogen) atoms. The second-order valence-corrected chi connectivity index (χ2v) is 8.12. The molecule has 1 amide bonds. The first kappa shape index (κ1) is 19.6. The summed E-state index contributed by atoms with van der Waals surface area (Å²) in [6.07, 6.45) is 0. The molecule has 0 aliphatic heterocycles. The van der Waals surface area contributed by atoms with Gasteiger partial charge < -0.3 is 9.64 Å². The average molecular weight is 405 g/mol. The van der Waals surface area contributed by atoms with E-state index in [-0.39, 0.29) is 12.5 Å². The van der Waals surface area contributed by atoms with Crippen LogP contribution in [-0.2, 0) is 4.79 Å². The topological polar surface area (TPSA) is 46.9 Å². The molecule has 0 spiro atoms. The first-order valence-electron chi connectivity index (χ1n) is 8.78. The fourth-order valence-corrected chi connectivity index (χ4v) is 4.12. The van der Waals surface area contributed by atoms with E-state index in [9.17, 15) is 4.79 Å². The van der Waals surface area contributed by atoms with Crippen molar-refractivity contribution in [1.29, 1.82) is 0 Å². The summed E-state index contributed by atoms with van der Waals surface area (Å²) < 4.78 is 6.63. The number of thiazole rings is 1. The Kier molecular flexibility index (Phi) is 6.31. The number of nitrogens with zero attached hydrogens (tertiary/aromatic N) is 2. The average Bonchev–Trinajstić information content (AvgIpc) is 3.04. The van der Waals surface area contributed by atoms with Crippen molar-refractivity contribution < 1.29 is 14.4 Å². The number of carbonyl (C=O) groups excluding carboxylic acids is 1. The normalized spacial score (nSPS) is 11.1. The molecule has 2 aromatic carbocycles. The van der Waals surface area contributed by atoms with Gasteiger partial charge in [0, 0.05) is 5.02 Å². The van der Waals surface area contributed by atoms with Crippen LogP contribution in [0.25, 0.3) is 10.2 Å². The first-order valence-corrected chi connectivity index (χ1v) is 9.97. The first-order chi connectivity index (χ1) is 12.9. The number of carbonyl (C=O) groups is 1. The van der Waals surface area contributed by atoms with Gasteiger partial charge in [0.15, 0.2) is 11.7 Å². The molecule has 0 atom stereocenters. The van der Waals surface area contributed by atoms with Crippen LogP contribution in [0.5, 0.6) is 5.75 Å². The van der Waals surface area contributed by atoms with E-state index >= 15 is 0 Å². The number of hydrogen-bond acceptors (Lipinski definition) is 4. The molecule has 1 aromatic heterocycles. The van der Waals surface area contributed by atoms with Crippen molar-refractivity contribution in [2.24, 2.45) is 0 Å². The minimum atomic E-state index is -0.108. The Morgan fingerprint density at radius 2 is 2.00 bits per heavy atom. The number of ether oxygens (including phenoxy) is 1. The molecule has 0 fully saturated rings. The highest BCUT2D eigenvalue weighted by Crippen LogP contribution is 2.33. The Bertz CT molecular complexity index is 928. The standard InChI is InChI=1S/C20H22ClN3O2S/c1-14-11-15(21)12-17-19(14)22-20(27-17)24(10-9-23(2)3)18(25)13-26-16-7-5-4-6-8-16/h4-8,11-12H,9-10,13H2,1-3H3/p+1. The monoisotopic (exact) mass is 404 g/mol. The maximum Gasteiger partial charge on any atom is 0.266 e. The van der Waals surface area contributed by atoms with Crippen LogP contribution < -0.4 is 14.5 Å². The number of anilines is 1. The summed E-state index contributed by atoms with van der Waals surface area (Å²) in [6.45, 7) is 3.34. The maximum atomic E-state index is 12.9. The maximum absolute atomic E-state index is 12.9. The lowest BCUT2D eigenvalue weighted by atomic mass is 10.2. The molecule has 0 bridgehead atoms. The molecule has 0 radical (unpaired) electrons. The Morgan fingerprint density at radius 3 is 2.70 bits per heavy atom. The summed E-state index contributed by atoms with van der Waals surface area (Å²) in [5.74, 6) is 0.568. The summed E-state index contributed by atoms with van der Waals surface area (Å²) in [4.78, 5) is 20.6. The third kappa shape index (κ3) is 4.97. The van der Waals surface area contributed by atoms with Crippen molar-refractivity contribution in [1.82, 2.24) is 4.98 Å². The molecule has 0 aliphatic rings. The number of aryl methyl sites for hydroxylation is 1. The highest BCUT2D eigenvalue weighted by Gasteiger charge is 2.22. The van der Waals surface area contributed by atoms with Crippen LogP contribution in [0.1, 0.15) is 5.56 Å². The van der Waals surface area contributed by atoms with Crippen molar-refractivity contribution in [3.63, 3.8) is 0 Å². The second kappa shape index (κ2) is 8.69. The van der Waals surface area contributed by atoms with Gasteiger partial charge in [-0.1, -0.05) is 41.1 Å². The van der Waals surface area contributed by atoms with E-state index in [1.165, 1.54) is 16.2 Å². The summed E-state index contributed by atoms with van der Waals surface area (Å²) >= 11 is 7.65. The molecule has 5 nitrogen and oxygen atoms in total. The van der Waals surface area contributed by atoms with Gasteiger partial charge in [0.2, 0.25) is 0 Å². The third-order valence-corrected chi connectivity index (χ3v) is 5.36. The largest absolute Gasteiger partial charge is 0.484 e. The fraction of sp³-hybridized carbons (Fsp3) is 0.300. The van der Waals surface area contributed by atoms with Crippen molar-refractivity contribution in [2.75, 3.05) is 38.7 Å². The molecule has 3 aromatic rings. The predicted molar refractivity (Wildman–Crippen MR) is 111 cm³/mol. The smallest absolute Gasteiger partial charge is 0.266 e. The lowest BCUT2D eigenvalue weighted by molar-refractivity contribution is -0.856. The molecule has 0 saturated heterocycles. The van der Waals surface area contributed by atoms with Gasteiger partial charge in [-0.2, -0.15) is 0 Å². The summed E-state index contributed by atoms with van der Waals surface area (Å²) in [5, 5.41) is 1.36. The molecule has 1 heterocycles. The SMILES string of the molecule is Cc1cc(Cl)cc2sc(N(CC[NH+](C)C)C(=O)COc3ccccc3)nc12. The molecule has 142 valence electrons. The number of hydrogen-bond donors (Lipinski definition) is 1. The second-order valence-electron chi connectivity index (χ2n) is 6.67. The van der Waals surface area contributed by atoms with Gasteiger partial charge in [-0.15, -0.1) is 0 Å². The predicted octanol–water partition coefficient (Wildman–Crippen LogP) is 2.81. The van der Waals surface area contributed by atoms with Gasteiger partial charge in [0.25, 0.3) is 5.91 Å². The fourth-order valence-electron chi connectivity index (χ4n) is 2.66. The van der Waals surface area contributed by atoms with Crippen LogP contribution >= 0.6 is 22.9 Å². The van der Waals surface area contributed by atoms with Crippen LogP contribution in [0.4, 0.5) is 5.13 Å². The highest BCUT2D eigenvalue weighted by molar-refractivity contribution is 7.22. The van der Waals surface area contributed by atoms with Crippen molar-refractivity contribution >= 4 is 44.2 Å². The lowest BCUT2D eigenvalue weighted by Crippen LogP contribution is -3.06. The van der Waals surface area contributed by atoms with Gasteiger partial charge in [0.1, 0.15) is 5.75 Å². The number of nitrogens with one attached hydrogen (secondary N) is 1.